The van der Waals surface area contributed by atoms with E-state index in [0.29, 0.717) is 11.6 Å². The van der Waals surface area contributed by atoms with Crippen LogP contribution in [0.3, 0.4) is 0 Å². The first-order valence-electron chi connectivity index (χ1n) is 9.33. The van der Waals surface area contributed by atoms with E-state index in [1.54, 1.807) is 25.1 Å². The molecule has 10 heteroatoms. The Morgan fingerprint density at radius 2 is 1.93 bits per heavy atom. The predicted molar refractivity (Wildman–Crippen MR) is 117 cm³/mol. The van der Waals surface area contributed by atoms with Crippen LogP contribution in [-0.4, -0.2) is 40.7 Å². The third kappa shape index (κ3) is 5.74. The van der Waals surface area contributed by atoms with Gasteiger partial charge in [0.2, 0.25) is 0 Å². The van der Waals surface area contributed by atoms with Crippen LogP contribution in [0.15, 0.2) is 41.3 Å². The molecule has 0 aliphatic carbocycles. The van der Waals surface area contributed by atoms with E-state index < -0.39 is 16.6 Å². The Morgan fingerprint density at radius 1 is 1.20 bits per heavy atom. The lowest BCUT2D eigenvalue weighted by Gasteiger charge is -2.34. The smallest absolute Gasteiger partial charge is 0.387 e. The van der Waals surface area contributed by atoms with Crippen LogP contribution in [0.1, 0.15) is 18.1 Å². The number of piperazine rings is 1. The normalized spacial score (nSPS) is 16.9. The molecule has 0 unspecified atom stereocenters. The van der Waals surface area contributed by atoms with E-state index in [-0.39, 0.29) is 28.7 Å². The maximum atomic E-state index is 13.0. The fourth-order valence-electron chi connectivity index (χ4n) is 3.37. The summed E-state index contributed by atoms with van der Waals surface area (Å²) in [5.41, 5.74) is 2.50. The van der Waals surface area contributed by atoms with E-state index in [9.17, 15) is 17.2 Å². The highest BCUT2D eigenvalue weighted by Crippen LogP contribution is 2.31. The van der Waals surface area contributed by atoms with Crippen LogP contribution in [0, 0.1) is 13.8 Å². The van der Waals surface area contributed by atoms with Crippen molar-refractivity contribution in [3.05, 3.63) is 47.5 Å². The molecule has 0 spiro atoms. The summed E-state index contributed by atoms with van der Waals surface area (Å²) in [6.45, 7) is 5.04. The molecule has 6 nitrogen and oxygen atoms in total. The van der Waals surface area contributed by atoms with Gasteiger partial charge in [-0.05, 0) is 56.2 Å². The second-order valence-electron chi connectivity index (χ2n) is 7.23. The number of ether oxygens (including phenoxy) is 1. The second kappa shape index (κ2) is 9.80. The minimum Gasteiger partial charge on any atom is -0.433 e. The average molecular weight is 462 g/mol. The number of benzene rings is 2. The number of nitrogens with one attached hydrogen (secondary N) is 2. The van der Waals surface area contributed by atoms with Crippen LogP contribution in [0.2, 0.25) is 0 Å². The Hall–Kier alpha value is -2.10. The largest absolute Gasteiger partial charge is 0.433 e. The molecule has 1 aliphatic rings. The van der Waals surface area contributed by atoms with Crippen LogP contribution < -0.4 is 19.7 Å². The number of sulfonamides is 1. The summed E-state index contributed by atoms with van der Waals surface area (Å²) < 4.78 is 58.2. The maximum absolute atomic E-state index is 13.0. The van der Waals surface area contributed by atoms with E-state index in [0.717, 1.165) is 30.9 Å². The Balaban J connectivity index is 0.00000320. The topological polar surface area (TPSA) is 70.7 Å². The van der Waals surface area contributed by atoms with Crippen molar-refractivity contribution in [2.24, 2.45) is 0 Å². The summed E-state index contributed by atoms with van der Waals surface area (Å²) in [4.78, 5) is 2.21. The van der Waals surface area contributed by atoms with Gasteiger partial charge >= 0.3 is 6.61 Å². The van der Waals surface area contributed by atoms with Gasteiger partial charge in [-0.1, -0.05) is 12.1 Å². The molecule has 0 radical (unpaired) electrons. The predicted octanol–water partition coefficient (Wildman–Crippen LogP) is 3.93. The summed E-state index contributed by atoms with van der Waals surface area (Å²) in [6, 6.07) is 9.54. The minimum absolute atomic E-state index is 0. The molecule has 2 aromatic carbocycles. The Morgan fingerprint density at radius 3 is 2.60 bits per heavy atom. The standard InChI is InChI=1S/C20H25F2N3O3S.ClH/c1-13-4-7-19(28-20(21)22)17(10-13)24-29(26,27)16-6-5-14(2)18(11-16)25-9-8-23-15(3)12-25;/h4-7,10-11,15,20,23-24H,8-9,12H2,1-3H3;1H/t15-;/m1./s1. The lowest BCUT2D eigenvalue weighted by Crippen LogP contribution is -2.49. The quantitative estimate of drug-likeness (QED) is 0.682. The fraction of sp³-hybridized carbons (Fsp3) is 0.400. The van der Waals surface area contributed by atoms with Gasteiger partial charge in [-0.25, -0.2) is 8.42 Å². The SMILES string of the molecule is Cc1ccc(OC(F)F)c(NS(=O)(=O)c2ccc(C)c(N3CCN[C@H](C)C3)c2)c1.Cl. The van der Waals surface area contributed by atoms with Crippen LogP contribution in [0.25, 0.3) is 0 Å². The first kappa shape index (κ1) is 24.2. The van der Waals surface area contributed by atoms with Crippen molar-refractivity contribution in [1.29, 1.82) is 0 Å². The number of anilines is 2. The fourth-order valence-corrected chi connectivity index (χ4v) is 4.46. The first-order valence-corrected chi connectivity index (χ1v) is 10.8. The molecule has 1 aliphatic heterocycles. The molecule has 1 heterocycles. The molecule has 1 fully saturated rings. The zero-order valence-corrected chi connectivity index (χ0v) is 18.6. The first-order chi connectivity index (χ1) is 13.7. The van der Waals surface area contributed by atoms with Crippen molar-refractivity contribution in [3.8, 4) is 5.75 Å². The van der Waals surface area contributed by atoms with Gasteiger partial charge in [-0.3, -0.25) is 4.72 Å². The summed E-state index contributed by atoms with van der Waals surface area (Å²) >= 11 is 0. The lowest BCUT2D eigenvalue weighted by molar-refractivity contribution is -0.0493. The third-order valence-electron chi connectivity index (χ3n) is 4.80. The van der Waals surface area contributed by atoms with E-state index in [2.05, 4.69) is 26.6 Å². The van der Waals surface area contributed by atoms with Gasteiger partial charge in [0.1, 0.15) is 5.75 Å². The summed E-state index contributed by atoms with van der Waals surface area (Å²) in [6.07, 6.45) is 0. The molecule has 0 bridgehead atoms. The highest BCUT2D eigenvalue weighted by Gasteiger charge is 2.22. The van der Waals surface area contributed by atoms with E-state index >= 15 is 0 Å². The Bertz CT molecular complexity index is 989. The van der Waals surface area contributed by atoms with Crippen molar-refractivity contribution < 1.29 is 21.9 Å². The highest BCUT2D eigenvalue weighted by molar-refractivity contribution is 7.92. The molecule has 3 rings (SSSR count). The molecule has 2 N–H and O–H groups in total. The molecule has 1 atom stereocenters. The van der Waals surface area contributed by atoms with Gasteiger partial charge in [0.25, 0.3) is 10.0 Å². The van der Waals surface area contributed by atoms with Gasteiger partial charge < -0.3 is 15.0 Å². The zero-order valence-electron chi connectivity index (χ0n) is 17.0. The second-order valence-corrected chi connectivity index (χ2v) is 8.92. The molecule has 166 valence electrons. The molecular formula is C20H26ClF2N3O3S. The number of aryl methyl sites for hydroxylation is 2. The van der Waals surface area contributed by atoms with Crippen molar-refractivity contribution in [3.63, 3.8) is 0 Å². The number of nitrogens with zero attached hydrogens (tertiary/aromatic N) is 1. The highest BCUT2D eigenvalue weighted by atomic mass is 35.5. The zero-order chi connectivity index (χ0) is 21.2. The number of rotatable bonds is 6. The number of hydrogen-bond donors (Lipinski definition) is 2. The Labute approximate surface area is 182 Å². The van der Waals surface area contributed by atoms with Crippen LogP contribution in [0.4, 0.5) is 20.2 Å². The van der Waals surface area contributed by atoms with E-state index in [1.807, 2.05) is 6.92 Å². The molecule has 1 saturated heterocycles. The number of alkyl halides is 2. The minimum atomic E-state index is -4.00. The van der Waals surface area contributed by atoms with Gasteiger partial charge in [-0.2, -0.15) is 8.78 Å². The van der Waals surface area contributed by atoms with Crippen LogP contribution in [0.5, 0.6) is 5.75 Å². The van der Waals surface area contributed by atoms with Gasteiger partial charge in [0.15, 0.2) is 0 Å². The summed E-state index contributed by atoms with van der Waals surface area (Å²) in [7, 11) is -4.00. The number of halogens is 3. The third-order valence-corrected chi connectivity index (χ3v) is 6.16. The molecule has 0 saturated carbocycles. The lowest BCUT2D eigenvalue weighted by atomic mass is 10.1. The molecule has 0 aromatic heterocycles. The van der Waals surface area contributed by atoms with E-state index in [4.69, 9.17) is 0 Å². The molecular weight excluding hydrogens is 436 g/mol. The van der Waals surface area contributed by atoms with Crippen molar-refractivity contribution in [1.82, 2.24) is 5.32 Å². The number of hydrogen-bond acceptors (Lipinski definition) is 5. The van der Waals surface area contributed by atoms with Gasteiger partial charge in [-0.15, -0.1) is 12.4 Å². The summed E-state index contributed by atoms with van der Waals surface area (Å²) in [5.74, 6) is -0.225. The molecule has 30 heavy (non-hydrogen) atoms. The van der Waals surface area contributed by atoms with Crippen molar-refractivity contribution in [2.75, 3.05) is 29.3 Å². The van der Waals surface area contributed by atoms with Crippen molar-refractivity contribution >= 4 is 33.8 Å². The maximum Gasteiger partial charge on any atom is 0.387 e. The van der Waals surface area contributed by atoms with Crippen molar-refractivity contribution in [2.45, 2.75) is 38.3 Å². The van der Waals surface area contributed by atoms with Crippen LogP contribution in [-0.2, 0) is 10.0 Å². The van der Waals surface area contributed by atoms with E-state index in [1.165, 1.54) is 18.2 Å². The summed E-state index contributed by atoms with van der Waals surface area (Å²) in [5, 5.41) is 3.36. The molecule has 0 amide bonds. The monoisotopic (exact) mass is 461 g/mol. The van der Waals surface area contributed by atoms with Gasteiger partial charge in [0.05, 0.1) is 10.6 Å². The van der Waals surface area contributed by atoms with Gasteiger partial charge in [0, 0.05) is 31.4 Å². The average Bonchev–Trinajstić information content (AvgIpc) is 2.63. The van der Waals surface area contributed by atoms with Crippen LogP contribution >= 0.6 is 12.4 Å². The Kier molecular flexibility index (Phi) is 7.90. The molecule has 2 aromatic rings.